The molecule has 3 aliphatic heterocycles. The van der Waals surface area contributed by atoms with Gasteiger partial charge in [0, 0.05) is 37.5 Å². The third-order valence-corrected chi connectivity index (χ3v) is 14.9. The predicted octanol–water partition coefficient (Wildman–Crippen LogP) is 1.81. The molecule has 11 N–H and O–H groups in total. The van der Waals surface area contributed by atoms with E-state index in [1.54, 1.807) is 38.1 Å². The molecule has 4 aromatic rings. The van der Waals surface area contributed by atoms with Gasteiger partial charge in [0.15, 0.2) is 0 Å². The molecule has 21 nitrogen and oxygen atoms in total. The molecular weight excluding hydrogens is 1020 g/mol. The summed E-state index contributed by atoms with van der Waals surface area (Å²) in [5.74, 6) is -6.59. The van der Waals surface area contributed by atoms with Gasteiger partial charge in [-0.1, -0.05) is 94.3 Å². The van der Waals surface area contributed by atoms with Crippen LogP contribution in [0.4, 0.5) is 0 Å². The zero-order valence-electron chi connectivity index (χ0n) is 44.8. The molecule has 79 heavy (non-hydrogen) atoms. The molecule has 3 saturated heterocycles. The molecule has 424 valence electrons. The van der Waals surface area contributed by atoms with Crippen molar-refractivity contribution in [3.8, 4) is 33.8 Å². The minimum Gasteiger partial charge on any atom is -0.508 e. The lowest BCUT2D eigenvalue weighted by Gasteiger charge is -2.34. The number of aliphatic hydroxyl groups excluding tert-OH is 5. The number of hydrogen-bond donors (Lipinski definition) is 11. The zero-order valence-corrected chi connectivity index (χ0v) is 44.8. The quantitative estimate of drug-likeness (QED) is 0.0804. The summed E-state index contributed by atoms with van der Waals surface area (Å²) >= 11 is 0. The van der Waals surface area contributed by atoms with Crippen LogP contribution in [0.2, 0.25) is 0 Å². The number of β-amino-alcohol motifs (C(OH)–C–C–N with tert-alkyl or cyclic N) is 1. The Morgan fingerprint density at radius 1 is 0.722 bits per heavy atom. The molecule has 7 amide bonds. The highest BCUT2D eigenvalue weighted by Gasteiger charge is 2.49. The van der Waals surface area contributed by atoms with E-state index < -0.39 is 127 Å². The number of nitrogens with one attached hydrogen (secondary N) is 5. The lowest BCUT2D eigenvalue weighted by Crippen LogP contribution is -2.64. The molecule has 0 bridgehead atoms. The van der Waals surface area contributed by atoms with Crippen molar-refractivity contribution in [3.05, 3.63) is 108 Å². The number of aliphatic hydroxyl groups is 5. The summed E-state index contributed by atoms with van der Waals surface area (Å²) in [5, 5.41) is 79.1. The van der Waals surface area contributed by atoms with Crippen LogP contribution in [0, 0.1) is 5.92 Å². The van der Waals surface area contributed by atoms with Gasteiger partial charge < -0.3 is 71.8 Å². The Bertz CT molecular complexity index is 2760. The highest BCUT2D eigenvalue weighted by atomic mass is 16.5. The number of phenolic OH excluding ortho intramolecular Hbond substituents is 1. The minimum absolute atomic E-state index is 0.00642. The van der Waals surface area contributed by atoms with Crippen molar-refractivity contribution >= 4 is 41.4 Å². The van der Waals surface area contributed by atoms with Gasteiger partial charge in [-0.2, -0.15) is 0 Å². The molecule has 7 rings (SSSR count). The topological polar surface area (TPSA) is 317 Å². The van der Waals surface area contributed by atoms with Crippen LogP contribution < -0.4 is 31.3 Å². The average molecular weight is 1090 g/mol. The zero-order chi connectivity index (χ0) is 57.1. The van der Waals surface area contributed by atoms with Gasteiger partial charge >= 0.3 is 0 Å². The van der Waals surface area contributed by atoms with Gasteiger partial charge in [0.05, 0.1) is 24.9 Å². The molecule has 12 atom stereocenters. The molecule has 0 spiro atoms. The Morgan fingerprint density at radius 2 is 1.32 bits per heavy atom. The van der Waals surface area contributed by atoms with Gasteiger partial charge in [0.25, 0.3) is 5.91 Å². The number of nitrogens with zero attached hydrogens (tertiary/aromatic N) is 2. The van der Waals surface area contributed by atoms with Gasteiger partial charge in [0.1, 0.15) is 60.0 Å². The number of amides is 7. The lowest BCUT2D eigenvalue weighted by atomic mass is 9.97. The Kier molecular flexibility index (Phi) is 20.2. The SMILES string of the molecule is CCCCCOc1ccc(-c2ccc(-c3ccc(C(=O)N[C@H]4C[C@@H](O)CNC(=O)C5[C@@H](O)[C@@H](C)CN5C(=O)C([C@@H](C)O)NC(=O)C([C@H](O)[C@@H](O)c5ccc(O)cc5)NC(=O)C5CCCN5C(=O)C(CC)NC4=O)cc3)cc2)cc1. The average Bonchev–Trinajstić information content (AvgIpc) is 4.15. The van der Waals surface area contributed by atoms with E-state index in [0.717, 1.165) is 52.2 Å². The van der Waals surface area contributed by atoms with Gasteiger partial charge in [-0.15, -0.1) is 0 Å². The van der Waals surface area contributed by atoms with Crippen LogP contribution in [0.25, 0.3) is 22.3 Å². The highest BCUT2D eigenvalue weighted by molar-refractivity contribution is 6.00. The Balaban J connectivity index is 1.13. The summed E-state index contributed by atoms with van der Waals surface area (Å²) < 4.78 is 5.86. The lowest BCUT2D eigenvalue weighted by molar-refractivity contribution is -0.147. The first kappa shape index (κ1) is 59.2. The third kappa shape index (κ3) is 14.4. The second-order valence-corrected chi connectivity index (χ2v) is 20.7. The number of rotatable bonds is 14. The molecule has 3 aliphatic rings. The summed E-state index contributed by atoms with van der Waals surface area (Å²) in [6.07, 6.45) is -5.66. The number of hydrogen-bond acceptors (Lipinski definition) is 14. The molecule has 0 aliphatic carbocycles. The number of ether oxygens (including phenoxy) is 1. The van der Waals surface area contributed by atoms with Crippen molar-refractivity contribution in [1.29, 1.82) is 0 Å². The fourth-order valence-corrected chi connectivity index (χ4v) is 10.2. The third-order valence-electron chi connectivity index (χ3n) is 14.9. The van der Waals surface area contributed by atoms with Crippen LogP contribution in [-0.4, -0.2) is 169 Å². The summed E-state index contributed by atoms with van der Waals surface area (Å²) in [6, 6.07) is 17.7. The number of benzene rings is 4. The van der Waals surface area contributed by atoms with E-state index in [-0.39, 0.29) is 42.8 Å². The van der Waals surface area contributed by atoms with Crippen LogP contribution in [-0.2, 0) is 28.8 Å². The predicted molar refractivity (Wildman–Crippen MR) is 289 cm³/mol. The van der Waals surface area contributed by atoms with Crippen LogP contribution in [0.5, 0.6) is 11.5 Å². The Morgan fingerprint density at radius 3 is 1.91 bits per heavy atom. The number of carbonyl (C=O) groups excluding carboxylic acids is 7. The Hall–Kier alpha value is -7.43. The summed E-state index contributed by atoms with van der Waals surface area (Å²) in [6.45, 7) is 6.38. The monoisotopic (exact) mass is 1090 g/mol. The number of phenols is 1. The van der Waals surface area contributed by atoms with E-state index in [4.69, 9.17) is 4.74 Å². The number of fused-ring (bicyclic) bond motifs is 2. The van der Waals surface area contributed by atoms with E-state index in [0.29, 0.717) is 13.0 Å². The van der Waals surface area contributed by atoms with Crippen LogP contribution in [0.1, 0.15) is 94.7 Å². The molecule has 0 aromatic heterocycles. The minimum atomic E-state index is -2.15. The van der Waals surface area contributed by atoms with Crippen molar-refractivity contribution in [2.75, 3.05) is 26.2 Å². The molecule has 4 aromatic carbocycles. The van der Waals surface area contributed by atoms with Crippen molar-refractivity contribution in [2.24, 2.45) is 5.92 Å². The molecule has 0 radical (unpaired) electrons. The van der Waals surface area contributed by atoms with Crippen molar-refractivity contribution < 1.29 is 68.9 Å². The maximum absolute atomic E-state index is 14.4. The molecule has 3 heterocycles. The van der Waals surface area contributed by atoms with Crippen molar-refractivity contribution in [1.82, 2.24) is 36.4 Å². The first-order valence-electron chi connectivity index (χ1n) is 27.0. The first-order valence-corrected chi connectivity index (χ1v) is 27.0. The van der Waals surface area contributed by atoms with Gasteiger partial charge in [-0.3, -0.25) is 33.6 Å². The normalized spacial score (nSPS) is 25.8. The van der Waals surface area contributed by atoms with E-state index in [1.165, 1.54) is 36.1 Å². The second kappa shape index (κ2) is 27.0. The van der Waals surface area contributed by atoms with Gasteiger partial charge in [0.2, 0.25) is 35.4 Å². The molecule has 3 fully saturated rings. The van der Waals surface area contributed by atoms with E-state index in [1.807, 2.05) is 48.5 Å². The van der Waals surface area contributed by atoms with Gasteiger partial charge in [-0.05, 0) is 96.8 Å². The van der Waals surface area contributed by atoms with E-state index in [2.05, 4.69) is 33.5 Å². The Labute approximate surface area is 458 Å². The van der Waals surface area contributed by atoms with Gasteiger partial charge in [-0.25, -0.2) is 0 Å². The molecular formula is C58H73N7O14. The fraction of sp³-hybridized carbons (Fsp3) is 0.466. The van der Waals surface area contributed by atoms with Crippen LogP contribution in [0.3, 0.4) is 0 Å². The van der Waals surface area contributed by atoms with E-state index >= 15 is 0 Å². The first-order chi connectivity index (χ1) is 37.8. The van der Waals surface area contributed by atoms with Crippen LogP contribution >= 0.6 is 0 Å². The van der Waals surface area contributed by atoms with E-state index in [9.17, 15) is 64.2 Å². The number of aromatic hydroxyl groups is 1. The largest absolute Gasteiger partial charge is 0.508 e. The fourth-order valence-electron chi connectivity index (χ4n) is 10.2. The number of unbranched alkanes of at least 4 members (excludes halogenated alkanes) is 2. The summed E-state index contributed by atoms with van der Waals surface area (Å²) in [5.41, 5.74) is 3.85. The van der Waals surface area contributed by atoms with Crippen molar-refractivity contribution in [3.63, 3.8) is 0 Å². The number of carbonyl (C=O) groups is 7. The summed E-state index contributed by atoms with van der Waals surface area (Å²) in [4.78, 5) is 102. The maximum atomic E-state index is 14.4. The molecule has 21 heteroatoms. The standard InChI is InChI=1S/C58H73N7O14/c1-5-7-8-28-79-42-25-21-37(22-26-42)35-13-11-34(12-14-35)36-15-17-39(18-16-36)52(72)61-44-29-41(68)30-59-56(76)48-49(69)32(3)31-65(48)58(78)46(33(4)66)62-55(75)47(51(71)50(70)38-19-23-40(67)24-20-38)63-54(74)45-10-9-27-64(45)57(77)43(6-2)60-53(44)73/h11-26,32-33,41,43-51,66-71H,5-10,27-31H2,1-4H3,(H,59,76)(H,60,73)(H,61,72)(H,62,75)(H,63,74)/t32-,33+,41+,43?,44-,45?,46?,47?,48?,49-,50-,51-/m0/s1. The smallest absolute Gasteiger partial charge is 0.251 e. The highest BCUT2D eigenvalue weighted by Crippen LogP contribution is 2.29. The summed E-state index contributed by atoms with van der Waals surface area (Å²) in [7, 11) is 0. The maximum Gasteiger partial charge on any atom is 0.251 e. The molecule has 0 saturated carbocycles. The van der Waals surface area contributed by atoms with Crippen molar-refractivity contribution in [2.45, 2.75) is 139 Å². The van der Waals surface area contributed by atoms with Crippen LogP contribution in [0.15, 0.2) is 97.1 Å². The second-order valence-electron chi connectivity index (χ2n) is 20.7. The molecule has 5 unspecified atom stereocenters.